The maximum Gasteiger partial charge on any atom is 0.300 e. The molecule has 5 nitrogen and oxygen atoms in total. The van der Waals surface area contributed by atoms with Crippen LogP contribution in [-0.2, 0) is 9.59 Å². The molecule has 3 aromatic carbocycles. The number of halogens is 1. The zero-order valence-electron chi connectivity index (χ0n) is 16.1. The topological polar surface area (TPSA) is 66.8 Å². The number of methoxy groups -OCH3 is 1. The summed E-state index contributed by atoms with van der Waals surface area (Å²) in [4.78, 5) is 27.5. The van der Waals surface area contributed by atoms with Gasteiger partial charge < -0.3 is 9.84 Å². The summed E-state index contributed by atoms with van der Waals surface area (Å²) in [6.07, 6.45) is 0. The number of Topliss-reactive ketones (excluding diaryl/α,β-unsaturated/α-hetero) is 1. The molecule has 1 aliphatic heterocycles. The molecule has 1 N–H and O–H groups in total. The summed E-state index contributed by atoms with van der Waals surface area (Å²) in [5.41, 5.74) is 1.56. The van der Waals surface area contributed by atoms with E-state index < -0.39 is 17.7 Å². The summed E-state index contributed by atoms with van der Waals surface area (Å²) in [6, 6.07) is 21.6. The van der Waals surface area contributed by atoms with Crippen LogP contribution in [0.4, 0.5) is 5.69 Å². The molecule has 0 spiro atoms. The van der Waals surface area contributed by atoms with Crippen LogP contribution in [0.15, 0.2) is 84.4 Å². The fraction of sp³-hybridized carbons (Fsp3) is 0.0833. The second-order valence-electron chi connectivity index (χ2n) is 6.79. The predicted molar refractivity (Wildman–Crippen MR) is 116 cm³/mol. The molecule has 0 radical (unpaired) electrons. The second kappa shape index (κ2) is 8.05. The highest BCUT2D eigenvalue weighted by Gasteiger charge is 2.47. The van der Waals surface area contributed by atoms with Gasteiger partial charge in [-0.15, -0.1) is 0 Å². The Kier molecular flexibility index (Phi) is 5.29. The van der Waals surface area contributed by atoms with Crippen molar-refractivity contribution >= 4 is 34.7 Å². The minimum atomic E-state index is -0.834. The van der Waals surface area contributed by atoms with Gasteiger partial charge in [0.1, 0.15) is 11.5 Å². The lowest BCUT2D eigenvalue weighted by Gasteiger charge is -2.25. The number of ketones is 1. The van der Waals surface area contributed by atoms with Gasteiger partial charge in [-0.05, 0) is 35.9 Å². The highest BCUT2D eigenvalue weighted by molar-refractivity contribution is 6.51. The molecule has 0 bridgehead atoms. The SMILES string of the molecule is COc1cccc([C@@H]2/C(=C(\O)c3ccccc3)C(=O)C(=O)N2c2cccc(Cl)c2)c1. The molecule has 1 atom stereocenters. The lowest BCUT2D eigenvalue weighted by Crippen LogP contribution is -2.29. The molecular weight excluding hydrogens is 402 g/mol. The van der Waals surface area contributed by atoms with Crippen LogP contribution in [0, 0.1) is 0 Å². The van der Waals surface area contributed by atoms with Crippen molar-refractivity contribution in [3.63, 3.8) is 0 Å². The lowest BCUT2D eigenvalue weighted by molar-refractivity contribution is -0.132. The van der Waals surface area contributed by atoms with Crippen molar-refractivity contribution in [3.8, 4) is 5.75 Å². The van der Waals surface area contributed by atoms with Crippen molar-refractivity contribution < 1.29 is 19.4 Å². The normalized spacial score (nSPS) is 17.9. The van der Waals surface area contributed by atoms with Crippen LogP contribution < -0.4 is 9.64 Å². The molecule has 0 aromatic heterocycles. The maximum absolute atomic E-state index is 13.1. The summed E-state index contributed by atoms with van der Waals surface area (Å²) in [6.45, 7) is 0. The first-order valence-corrected chi connectivity index (χ1v) is 9.65. The Balaban J connectivity index is 1.97. The number of anilines is 1. The average molecular weight is 420 g/mol. The van der Waals surface area contributed by atoms with Crippen molar-refractivity contribution in [2.24, 2.45) is 0 Å². The fourth-order valence-corrected chi connectivity index (χ4v) is 3.79. The van der Waals surface area contributed by atoms with Gasteiger partial charge in [0, 0.05) is 16.3 Å². The molecule has 1 saturated heterocycles. The summed E-state index contributed by atoms with van der Waals surface area (Å²) in [7, 11) is 1.54. The van der Waals surface area contributed by atoms with Gasteiger partial charge in [-0.2, -0.15) is 0 Å². The number of hydrogen-bond donors (Lipinski definition) is 1. The third kappa shape index (κ3) is 3.44. The van der Waals surface area contributed by atoms with Crippen LogP contribution in [0.1, 0.15) is 17.2 Å². The third-order valence-electron chi connectivity index (χ3n) is 4.99. The molecule has 1 fully saturated rings. The fourth-order valence-electron chi connectivity index (χ4n) is 3.60. The number of benzene rings is 3. The summed E-state index contributed by atoms with van der Waals surface area (Å²) < 4.78 is 5.32. The van der Waals surface area contributed by atoms with Crippen molar-refractivity contribution in [2.45, 2.75) is 6.04 Å². The van der Waals surface area contributed by atoms with Crippen LogP contribution in [0.2, 0.25) is 5.02 Å². The van der Waals surface area contributed by atoms with E-state index in [0.717, 1.165) is 0 Å². The third-order valence-corrected chi connectivity index (χ3v) is 5.22. The van der Waals surface area contributed by atoms with Gasteiger partial charge in [-0.3, -0.25) is 14.5 Å². The molecule has 0 saturated carbocycles. The number of carbonyl (C=O) groups is 2. The molecule has 1 aliphatic rings. The first kappa shape index (κ1) is 19.7. The number of rotatable bonds is 4. The summed E-state index contributed by atoms with van der Waals surface area (Å²) in [5, 5.41) is 11.4. The predicted octanol–water partition coefficient (Wildman–Crippen LogP) is 4.97. The molecular formula is C24H18ClNO4. The van der Waals surface area contributed by atoms with Crippen LogP contribution in [0.25, 0.3) is 5.76 Å². The number of hydrogen-bond acceptors (Lipinski definition) is 4. The Morgan fingerprint density at radius 2 is 1.70 bits per heavy atom. The molecule has 1 amide bonds. The molecule has 3 aromatic rings. The largest absolute Gasteiger partial charge is 0.507 e. The van der Waals surface area contributed by atoms with E-state index in [1.807, 2.05) is 0 Å². The maximum atomic E-state index is 13.1. The molecule has 30 heavy (non-hydrogen) atoms. The monoisotopic (exact) mass is 419 g/mol. The molecule has 1 heterocycles. The Morgan fingerprint density at radius 1 is 0.967 bits per heavy atom. The lowest BCUT2D eigenvalue weighted by atomic mass is 9.95. The number of nitrogens with zero attached hydrogens (tertiary/aromatic N) is 1. The standard InChI is InChI=1S/C24H18ClNO4/c1-30-19-12-5-9-16(13-19)21-20(22(27)15-7-3-2-4-8-15)23(28)24(29)26(21)18-11-6-10-17(25)14-18/h2-14,21,27H,1H3/b22-20+/t21-/m1/s1. The van der Waals surface area contributed by atoms with Crippen molar-refractivity contribution in [2.75, 3.05) is 12.0 Å². The number of aliphatic hydroxyl groups excluding tert-OH is 1. The van der Waals surface area contributed by atoms with E-state index in [4.69, 9.17) is 16.3 Å². The minimum Gasteiger partial charge on any atom is -0.507 e. The van der Waals surface area contributed by atoms with E-state index in [9.17, 15) is 14.7 Å². The molecule has 150 valence electrons. The Bertz CT molecular complexity index is 1160. The Hall–Kier alpha value is -3.57. The van der Waals surface area contributed by atoms with Crippen LogP contribution in [0.5, 0.6) is 5.75 Å². The van der Waals surface area contributed by atoms with Crippen LogP contribution >= 0.6 is 11.6 Å². The van der Waals surface area contributed by atoms with Crippen molar-refractivity contribution in [1.29, 1.82) is 0 Å². The van der Waals surface area contributed by atoms with E-state index in [1.54, 1.807) is 78.9 Å². The minimum absolute atomic E-state index is 0.0134. The van der Waals surface area contributed by atoms with E-state index in [-0.39, 0.29) is 11.3 Å². The van der Waals surface area contributed by atoms with Crippen molar-refractivity contribution in [3.05, 3.63) is 101 Å². The van der Waals surface area contributed by atoms with E-state index in [2.05, 4.69) is 0 Å². The molecule has 0 unspecified atom stereocenters. The highest BCUT2D eigenvalue weighted by atomic mass is 35.5. The molecule has 4 rings (SSSR count). The summed E-state index contributed by atoms with van der Waals surface area (Å²) in [5.74, 6) is -1.15. The zero-order chi connectivity index (χ0) is 21.3. The van der Waals surface area contributed by atoms with Crippen LogP contribution in [0.3, 0.4) is 0 Å². The number of carbonyl (C=O) groups excluding carboxylic acids is 2. The highest BCUT2D eigenvalue weighted by Crippen LogP contribution is 2.43. The number of ether oxygens (including phenoxy) is 1. The van der Waals surface area contributed by atoms with Gasteiger partial charge in [0.05, 0.1) is 18.7 Å². The first-order chi connectivity index (χ1) is 14.5. The van der Waals surface area contributed by atoms with E-state index >= 15 is 0 Å². The van der Waals surface area contributed by atoms with Gasteiger partial charge in [0.15, 0.2) is 0 Å². The summed E-state index contributed by atoms with van der Waals surface area (Å²) >= 11 is 6.14. The number of aliphatic hydroxyl groups is 1. The van der Waals surface area contributed by atoms with Gasteiger partial charge >= 0.3 is 0 Å². The first-order valence-electron chi connectivity index (χ1n) is 9.27. The van der Waals surface area contributed by atoms with Gasteiger partial charge in [0.2, 0.25) is 0 Å². The van der Waals surface area contributed by atoms with Gasteiger partial charge in [-0.25, -0.2) is 0 Å². The van der Waals surface area contributed by atoms with Gasteiger partial charge in [-0.1, -0.05) is 60.1 Å². The second-order valence-corrected chi connectivity index (χ2v) is 7.23. The van der Waals surface area contributed by atoms with E-state index in [1.165, 1.54) is 12.0 Å². The number of amides is 1. The molecule has 0 aliphatic carbocycles. The molecule has 6 heteroatoms. The van der Waals surface area contributed by atoms with E-state index in [0.29, 0.717) is 27.6 Å². The zero-order valence-corrected chi connectivity index (χ0v) is 16.8. The average Bonchev–Trinajstić information content (AvgIpc) is 3.04. The Labute approximate surface area is 178 Å². The van der Waals surface area contributed by atoms with Gasteiger partial charge in [0.25, 0.3) is 11.7 Å². The van der Waals surface area contributed by atoms with Crippen molar-refractivity contribution in [1.82, 2.24) is 0 Å². The smallest absolute Gasteiger partial charge is 0.300 e. The Morgan fingerprint density at radius 3 is 2.40 bits per heavy atom. The van der Waals surface area contributed by atoms with Crippen LogP contribution in [-0.4, -0.2) is 23.9 Å². The quantitative estimate of drug-likeness (QED) is 0.368.